The van der Waals surface area contributed by atoms with Crippen LogP contribution in [0, 0.1) is 0 Å². The van der Waals surface area contributed by atoms with Gasteiger partial charge in [-0.25, -0.2) is 9.97 Å². The van der Waals surface area contributed by atoms with E-state index in [1.807, 2.05) is 0 Å². The van der Waals surface area contributed by atoms with Gasteiger partial charge >= 0.3 is 6.18 Å². The van der Waals surface area contributed by atoms with Crippen molar-refractivity contribution in [3.63, 3.8) is 0 Å². The van der Waals surface area contributed by atoms with Crippen molar-refractivity contribution in [3.8, 4) is 11.3 Å². The summed E-state index contributed by atoms with van der Waals surface area (Å²) in [5, 5.41) is 13.1. The summed E-state index contributed by atoms with van der Waals surface area (Å²) in [6, 6.07) is 1.22. The van der Waals surface area contributed by atoms with Crippen molar-refractivity contribution < 1.29 is 18.3 Å². The van der Waals surface area contributed by atoms with Crippen molar-refractivity contribution in [1.82, 2.24) is 24.3 Å². The number of hydrogen-bond donors (Lipinski definition) is 1. The summed E-state index contributed by atoms with van der Waals surface area (Å²) in [6.45, 7) is -0.965. The van der Waals surface area contributed by atoms with Crippen LogP contribution in [0.4, 0.5) is 13.2 Å². The average molecular weight is 374 g/mol. The summed E-state index contributed by atoms with van der Waals surface area (Å²) in [6.07, 6.45) is -3.45. The monoisotopic (exact) mass is 373 g/mol. The number of pyridine rings is 1. The highest BCUT2D eigenvalue weighted by atomic mass is 35.5. The summed E-state index contributed by atoms with van der Waals surface area (Å²) in [5.41, 5.74) is 0.258. The minimum absolute atomic E-state index is 0.00396. The molecular formula is C14H11ClF3N5O2. The molecule has 0 aliphatic rings. The van der Waals surface area contributed by atoms with E-state index in [4.69, 9.17) is 16.7 Å². The van der Waals surface area contributed by atoms with Crippen molar-refractivity contribution in [1.29, 1.82) is 0 Å². The molecule has 3 heterocycles. The summed E-state index contributed by atoms with van der Waals surface area (Å²) >= 11 is 5.94. The molecule has 25 heavy (non-hydrogen) atoms. The van der Waals surface area contributed by atoms with E-state index in [1.54, 1.807) is 13.2 Å². The maximum absolute atomic E-state index is 12.5. The van der Waals surface area contributed by atoms with Crippen LogP contribution in [0.15, 0.2) is 29.6 Å². The highest BCUT2D eigenvalue weighted by molar-refractivity contribution is 6.30. The standard InChI is InChI=1S/C14H11ClF3N5O2/c1-22-4-7(3-20-22)11-12-8(2-10(15)21-11)13(25)23(6-19-12)5-9(24)14(16,17)18/h2-4,6,9,24H,5H2,1H3. The maximum Gasteiger partial charge on any atom is 0.416 e. The zero-order valence-corrected chi connectivity index (χ0v) is 13.5. The summed E-state index contributed by atoms with van der Waals surface area (Å²) in [4.78, 5) is 20.6. The molecule has 132 valence electrons. The molecule has 0 spiro atoms. The quantitative estimate of drug-likeness (QED) is 0.707. The maximum atomic E-state index is 12.5. The smallest absolute Gasteiger partial charge is 0.382 e. The molecule has 3 aromatic rings. The van der Waals surface area contributed by atoms with Gasteiger partial charge in [0.25, 0.3) is 5.56 Å². The minimum Gasteiger partial charge on any atom is -0.382 e. The fourth-order valence-electron chi connectivity index (χ4n) is 2.30. The van der Waals surface area contributed by atoms with Crippen molar-refractivity contribution in [2.75, 3.05) is 0 Å². The molecule has 7 nitrogen and oxygen atoms in total. The van der Waals surface area contributed by atoms with E-state index in [0.717, 1.165) is 6.33 Å². The molecule has 0 bridgehead atoms. The number of aliphatic hydroxyl groups is 1. The lowest BCUT2D eigenvalue weighted by Gasteiger charge is -2.16. The first-order valence-corrected chi connectivity index (χ1v) is 7.34. The number of rotatable bonds is 3. The van der Waals surface area contributed by atoms with Crippen LogP contribution in [0.2, 0.25) is 5.15 Å². The molecule has 1 N–H and O–H groups in total. The Kier molecular flexibility index (Phi) is 4.25. The number of halogens is 4. The van der Waals surface area contributed by atoms with E-state index >= 15 is 0 Å². The first-order valence-electron chi connectivity index (χ1n) is 6.96. The third-order valence-corrected chi connectivity index (χ3v) is 3.70. The van der Waals surface area contributed by atoms with Crippen LogP contribution < -0.4 is 5.56 Å². The largest absolute Gasteiger partial charge is 0.416 e. The highest BCUT2D eigenvalue weighted by Crippen LogP contribution is 2.26. The topological polar surface area (TPSA) is 85.8 Å². The van der Waals surface area contributed by atoms with E-state index < -0.39 is 24.4 Å². The molecular weight excluding hydrogens is 363 g/mol. The number of aliphatic hydroxyl groups excluding tert-OH is 1. The van der Waals surface area contributed by atoms with Crippen molar-refractivity contribution >= 4 is 22.5 Å². The summed E-state index contributed by atoms with van der Waals surface area (Å²) in [5.74, 6) is 0. The van der Waals surface area contributed by atoms with Crippen molar-refractivity contribution in [3.05, 3.63) is 40.3 Å². The molecule has 1 atom stereocenters. The van der Waals surface area contributed by atoms with Gasteiger partial charge in [0, 0.05) is 18.8 Å². The molecule has 0 fully saturated rings. The van der Waals surface area contributed by atoms with Gasteiger partial charge < -0.3 is 5.11 Å². The number of aromatic nitrogens is 5. The summed E-state index contributed by atoms with van der Waals surface area (Å²) in [7, 11) is 1.69. The molecule has 0 aliphatic carbocycles. The average Bonchev–Trinajstić information content (AvgIpc) is 2.95. The Balaban J connectivity index is 2.15. The lowest BCUT2D eigenvalue weighted by molar-refractivity contribution is -0.207. The second kappa shape index (κ2) is 6.12. The molecule has 11 heteroatoms. The normalized spacial score (nSPS) is 13.4. The fourth-order valence-corrected chi connectivity index (χ4v) is 2.49. The van der Waals surface area contributed by atoms with Gasteiger partial charge in [-0.05, 0) is 6.07 Å². The molecule has 0 aromatic carbocycles. The van der Waals surface area contributed by atoms with E-state index in [2.05, 4.69) is 15.1 Å². The minimum atomic E-state index is -4.84. The molecule has 3 aromatic heterocycles. The first kappa shape index (κ1) is 17.4. The van der Waals surface area contributed by atoms with Crippen molar-refractivity contribution in [2.24, 2.45) is 7.05 Å². The Morgan fingerprint density at radius 1 is 1.40 bits per heavy atom. The van der Waals surface area contributed by atoms with Gasteiger partial charge in [0.05, 0.1) is 24.5 Å². The van der Waals surface area contributed by atoms with E-state index in [-0.39, 0.29) is 21.7 Å². The number of aryl methyl sites for hydroxylation is 1. The van der Waals surface area contributed by atoms with Crippen molar-refractivity contribution in [2.45, 2.75) is 18.8 Å². The number of nitrogens with zero attached hydrogens (tertiary/aromatic N) is 5. The van der Waals surface area contributed by atoms with Gasteiger partial charge in [0.1, 0.15) is 16.4 Å². The third-order valence-electron chi connectivity index (χ3n) is 3.50. The third kappa shape index (κ3) is 3.35. The van der Waals surface area contributed by atoms with Crippen LogP contribution in [0.5, 0.6) is 0 Å². The van der Waals surface area contributed by atoms with E-state index in [9.17, 15) is 18.0 Å². The molecule has 0 saturated carbocycles. The van der Waals surface area contributed by atoms with Gasteiger partial charge in [-0.15, -0.1) is 0 Å². The predicted octanol–water partition coefficient (Wildman–Crippen LogP) is 1.77. The molecule has 1 unspecified atom stereocenters. The van der Waals surface area contributed by atoms with Crippen LogP contribution in [-0.4, -0.2) is 41.7 Å². The zero-order valence-electron chi connectivity index (χ0n) is 12.7. The second-order valence-electron chi connectivity index (χ2n) is 5.35. The Bertz CT molecular complexity index is 998. The van der Waals surface area contributed by atoms with Crippen LogP contribution in [0.3, 0.4) is 0 Å². The van der Waals surface area contributed by atoms with Gasteiger partial charge in [-0.1, -0.05) is 11.6 Å². The molecule has 0 saturated heterocycles. The van der Waals surface area contributed by atoms with Crippen LogP contribution in [-0.2, 0) is 13.6 Å². The van der Waals surface area contributed by atoms with Gasteiger partial charge in [0.2, 0.25) is 0 Å². The molecule has 0 aliphatic heterocycles. The lowest BCUT2D eigenvalue weighted by Crippen LogP contribution is -2.36. The lowest BCUT2D eigenvalue weighted by atomic mass is 10.1. The van der Waals surface area contributed by atoms with E-state index in [0.29, 0.717) is 10.1 Å². The Morgan fingerprint density at radius 2 is 2.12 bits per heavy atom. The van der Waals surface area contributed by atoms with Crippen LogP contribution >= 0.6 is 11.6 Å². The zero-order chi connectivity index (χ0) is 18.4. The number of hydrogen-bond acceptors (Lipinski definition) is 5. The Morgan fingerprint density at radius 3 is 2.72 bits per heavy atom. The van der Waals surface area contributed by atoms with Gasteiger partial charge in [-0.3, -0.25) is 14.0 Å². The van der Waals surface area contributed by atoms with Gasteiger partial charge in [-0.2, -0.15) is 18.3 Å². The molecule has 0 amide bonds. The Labute approximate surface area is 143 Å². The number of alkyl halides is 3. The number of fused-ring (bicyclic) bond motifs is 1. The van der Waals surface area contributed by atoms with Crippen LogP contribution in [0.1, 0.15) is 0 Å². The van der Waals surface area contributed by atoms with Crippen LogP contribution in [0.25, 0.3) is 22.2 Å². The SMILES string of the molecule is Cn1cc(-c2nc(Cl)cc3c(=O)n(CC(O)C(F)(F)F)cnc23)cn1. The second-order valence-corrected chi connectivity index (χ2v) is 5.74. The van der Waals surface area contributed by atoms with Gasteiger partial charge in [0.15, 0.2) is 6.10 Å². The molecule has 0 radical (unpaired) electrons. The fraction of sp³-hybridized carbons (Fsp3) is 0.286. The first-order chi connectivity index (χ1) is 11.7. The Hall–Kier alpha value is -2.46. The van der Waals surface area contributed by atoms with E-state index in [1.165, 1.54) is 16.9 Å². The highest BCUT2D eigenvalue weighted by Gasteiger charge is 2.38. The predicted molar refractivity (Wildman–Crippen MR) is 83.1 cm³/mol. The molecule has 3 rings (SSSR count). The summed E-state index contributed by atoms with van der Waals surface area (Å²) < 4.78 is 39.7.